The first-order valence-electron chi connectivity index (χ1n) is 8.93. The average Bonchev–Trinajstić information content (AvgIpc) is 3.04. The molecule has 2 aliphatic rings. The van der Waals surface area contributed by atoms with Gasteiger partial charge in [0.25, 0.3) is 0 Å². The van der Waals surface area contributed by atoms with Gasteiger partial charge in [0.15, 0.2) is 0 Å². The van der Waals surface area contributed by atoms with Gasteiger partial charge in [-0.1, -0.05) is 18.2 Å². The Morgan fingerprint density at radius 3 is 2.73 bits per heavy atom. The molecule has 8 heteroatoms. The highest BCUT2D eigenvalue weighted by molar-refractivity contribution is 5.87. The van der Waals surface area contributed by atoms with Gasteiger partial charge in [-0.2, -0.15) is 0 Å². The summed E-state index contributed by atoms with van der Waals surface area (Å²) in [5.74, 6) is 0.537. The number of cyclic esters (lactones) is 1. The number of para-hydroxylation sites is 1. The maximum atomic E-state index is 12.4. The van der Waals surface area contributed by atoms with Crippen LogP contribution in [0.4, 0.5) is 4.79 Å². The first-order chi connectivity index (χ1) is 12.7. The predicted octanol–water partition coefficient (Wildman–Crippen LogP) is 0.335. The largest absolute Gasteiger partial charge is 0.492 e. The van der Waals surface area contributed by atoms with E-state index in [4.69, 9.17) is 14.2 Å². The van der Waals surface area contributed by atoms with Crippen molar-refractivity contribution >= 4 is 12.0 Å². The molecule has 1 N–H and O–H groups in total. The highest BCUT2D eigenvalue weighted by atomic mass is 16.6. The van der Waals surface area contributed by atoms with Gasteiger partial charge < -0.3 is 19.5 Å². The maximum Gasteiger partial charge on any atom is 0.410 e. The van der Waals surface area contributed by atoms with Gasteiger partial charge in [0.2, 0.25) is 5.91 Å². The van der Waals surface area contributed by atoms with E-state index in [1.807, 2.05) is 30.3 Å². The molecule has 2 aliphatic heterocycles. The minimum absolute atomic E-state index is 0.0769. The van der Waals surface area contributed by atoms with Gasteiger partial charge in [-0.3, -0.25) is 14.6 Å². The topological polar surface area (TPSA) is 80.3 Å². The number of ether oxygens (including phenoxy) is 3. The van der Waals surface area contributed by atoms with Crippen molar-refractivity contribution in [3.63, 3.8) is 0 Å². The molecule has 1 atom stereocenters. The second-order valence-electron chi connectivity index (χ2n) is 6.19. The number of carbonyl (C=O) groups excluding carboxylic acids is 2. The van der Waals surface area contributed by atoms with E-state index in [-0.39, 0.29) is 12.5 Å². The number of morpholine rings is 1. The highest BCUT2D eigenvalue weighted by Crippen LogP contribution is 2.13. The minimum atomic E-state index is -0.605. The monoisotopic (exact) mass is 363 g/mol. The van der Waals surface area contributed by atoms with Gasteiger partial charge in [0.1, 0.15) is 25.0 Å². The van der Waals surface area contributed by atoms with Crippen LogP contribution in [0.5, 0.6) is 5.75 Å². The molecule has 0 saturated carbocycles. The summed E-state index contributed by atoms with van der Waals surface area (Å²) in [7, 11) is 0. The van der Waals surface area contributed by atoms with Crippen molar-refractivity contribution in [1.82, 2.24) is 15.1 Å². The molecule has 3 rings (SSSR count). The second-order valence-corrected chi connectivity index (χ2v) is 6.19. The molecule has 2 amide bonds. The van der Waals surface area contributed by atoms with Gasteiger partial charge >= 0.3 is 6.09 Å². The minimum Gasteiger partial charge on any atom is -0.492 e. The Morgan fingerprint density at radius 2 is 1.96 bits per heavy atom. The van der Waals surface area contributed by atoms with Crippen LogP contribution in [0.25, 0.3) is 0 Å². The number of carbonyl (C=O) groups is 2. The van der Waals surface area contributed by atoms with Crippen molar-refractivity contribution in [3.8, 4) is 5.75 Å². The SMILES string of the molecule is O=C(NCCN1CCOCC1)[C@@H]1COC(=O)N1CCOc1ccccc1. The molecule has 2 saturated heterocycles. The molecular formula is C18H25N3O5. The fraction of sp³-hybridized carbons (Fsp3) is 0.556. The van der Waals surface area contributed by atoms with E-state index < -0.39 is 12.1 Å². The molecule has 0 aliphatic carbocycles. The lowest BCUT2D eigenvalue weighted by Gasteiger charge is -2.27. The Hall–Kier alpha value is -2.32. The van der Waals surface area contributed by atoms with Gasteiger partial charge in [0, 0.05) is 26.2 Å². The van der Waals surface area contributed by atoms with Crippen molar-refractivity contribution in [2.45, 2.75) is 6.04 Å². The Bertz CT molecular complexity index is 592. The zero-order valence-corrected chi connectivity index (χ0v) is 14.8. The van der Waals surface area contributed by atoms with Gasteiger partial charge in [-0.15, -0.1) is 0 Å². The lowest BCUT2D eigenvalue weighted by Crippen LogP contribution is -2.49. The summed E-state index contributed by atoms with van der Waals surface area (Å²) < 4.78 is 15.9. The van der Waals surface area contributed by atoms with E-state index in [9.17, 15) is 9.59 Å². The zero-order chi connectivity index (χ0) is 18.2. The van der Waals surface area contributed by atoms with Gasteiger partial charge in [-0.05, 0) is 12.1 Å². The van der Waals surface area contributed by atoms with Crippen LogP contribution in [-0.4, -0.2) is 87.0 Å². The fourth-order valence-electron chi connectivity index (χ4n) is 2.97. The standard InChI is InChI=1S/C18H25N3O5/c22-17(19-6-7-20-8-11-24-12-9-20)16-14-26-18(23)21(16)10-13-25-15-4-2-1-3-5-15/h1-5,16H,6-14H2,(H,19,22)/t16-/m0/s1. The van der Waals surface area contributed by atoms with E-state index in [1.54, 1.807) is 0 Å². The molecule has 0 aromatic heterocycles. The van der Waals surface area contributed by atoms with Crippen LogP contribution in [0.1, 0.15) is 0 Å². The van der Waals surface area contributed by atoms with Gasteiger partial charge in [0.05, 0.1) is 19.8 Å². The predicted molar refractivity (Wildman–Crippen MR) is 94.0 cm³/mol. The molecular weight excluding hydrogens is 338 g/mol. The van der Waals surface area contributed by atoms with Crippen molar-refractivity contribution in [2.24, 2.45) is 0 Å². The number of rotatable bonds is 8. The smallest absolute Gasteiger partial charge is 0.410 e. The van der Waals surface area contributed by atoms with E-state index >= 15 is 0 Å². The van der Waals surface area contributed by atoms with E-state index in [1.165, 1.54) is 4.90 Å². The molecule has 0 bridgehead atoms. The summed E-state index contributed by atoms with van der Waals surface area (Å²) >= 11 is 0. The molecule has 1 aromatic rings. The molecule has 142 valence electrons. The molecule has 0 spiro atoms. The zero-order valence-electron chi connectivity index (χ0n) is 14.8. The van der Waals surface area contributed by atoms with Crippen LogP contribution in [0.2, 0.25) is 0 Å². The number of amides is 2. The number of hydrogen-bond acceptors (Lipinski definition) is 6. The van der Waals surface area contributed by atoms with E-state index in [0.29, 0.717) is 19.7 Å². The van der Waals surface area contributed by atoms with Crippen LogP contribution in [0.15, 0.2) is 30.3 Å². The van der Waals surface area contributed by atoms with Crippen LogP contribution in [-0.2, 0) is 14.3 Å². The number of hydrogen-bond donors (Lipinski definition) is 1. The van der Waals surface area contributed by atoms with Crippen molar-refractivity contribution in [3.05, 3.63) is 30.3 Å². The van der Waals surface area contributed by atoms with Crippen molar-refractivity contribution in [1.29, 1.82) is 0 Å². The summed E-state index contributed by atoms with van der Waals surface area (Å²) in [4.78, 5) is 28.0. The Labute approximate surface area is 153 Å². The number of nitrogens with one attached hydrogen (secondary N) is 1. The Kier molecular flexibility index (Phi) is 6.68. The number of nitrogens with zero attached hydrogens (tertiary/aromatic N) is 2. The van der Waals surface area contributed by atoms with E-state index in [0.717, 1.165) is 38.6 Å². The van der Waals surface area contributed by atoms with Gasteiger partial charge in [-0.25, -0.2) is 4.79 Å². The molecule has 0 unspecified atom stereocenters. The molecule has 8 nitrogen and oxygen atoms in total. The molecule has 0 radical (unpaired) electrons. The van der Waals surface area contributed by atoms with Crippen molar-refractivity contribution < 1.29 is 23.8 Å². The Balaban J connectivity index is 1.41. The summed E-state index contributed by atoms with van der Waals surface area (Å²) in [5.41, 5.74) is 0. The normalized spacial score (nSPS) is 20.7. The lowest BCUT2D eigenvalue weighted by molar-refractivity contribution is -0.125. The highest BCUT2D eigenvalue weighted by Gasteiger charge is 2.37. The number of benzene rings is 1. The summed E-state index contributed by atoms with van der Waals surface area (Å²) in [6.07, 6.45) is -0.477. The fourth-order valence-corrected chi connectivity index (χ4v) is 2.97. The molecule has 2 fully saturated rings. The quantitative estimate of drug-likeness (QED) is 0.717. The Morgan fingerprint density at radius 1 is 1.19 bits per heavy atom. The second kappa shape index (κ2) is 9.40. The third kappa shape index (κ3) is 5.09. The summed E-state index contributed by atoms with van der Waals surface area (Å²) in [5, 5.41) is 2.89. The van der Waals surface area contributed by atoms with E-state index in [2.05, 4.69) is 10.2 Å². The third-order valence-electron chi connectivity index (χ3n) is 4.45. The van der Waals surface area contributed by atoms with Crippen LogP contribution in [0, 0.1) is 0 Å². The molecule has 1 aromatic carbocycles. The average molecular weight is 363 g/mol. The van der Waals surface area contributed by atoms with Crippen LogP contribution in [0.3, 0.4) is 0 Å². The first-order valence-corrected chi connectivity index (χ1v) is 8.93. The molecule has 26 heavy (non-hydrogen) atoms. The third-order valence-corrected chi connectivity index (χ3v) is 4.45. The van der Waals surface area contributed by atoms with Crippen LogP contribution >= 0.6 is 0 Å². The summed E-state index contributed by atoms with van der Waals surface area (Å²) in [6, 6.07) is 8.75. The lowest BCUT2D eigenvalue weighted by atomic mass is 10.2. The maximum absolute atomic E-state index is 12.4. The van der Waals surface area contributed by atoms with Crippen LogP contribution < -0.4 is 10.1 Å². The van der Waals surface area contributed by atoms with Crippen molar-refractivity contribution in [2.75, 3.05) is 59.2 Å². The molecule has 2 heterocycles. The first kappa shape index (κ1) is 18.5. The summed E-state index contributed by atoms with van der Waals surface area (Å²) in [6.45, 7) is 5.21.